The SMILES string of the molecule is FC(F)=C(F)C(F)(I)C(F)(F)Br. The summed E-state index contributed by atoms with van der Waals surface area (Å²) in [6.07, 6.45) is -3.11. The third kappa shape index (κ3) is 2.51. The number of hydrogen-bond donors (Lipinski definition) is 0. The van der Waals surface area contributed by atoms with Crippen molar-refractivity contribution in [1.29, 1.82) is 0 Å². The maximum atomic E-state index is 12.5. The van der Waals surface area contributed by atoms with Gasteiger partial charge in [0.2, 0.25) is 5.83 Å². The van der Waals surface area contributed by atoms with Crippen LogP contribution >= 0.6 is 38.5 Å². The molecule has 0 aliphatic rings. The zero-order chi connectivity index (χ0) is 10.2. The molecule has 0 bridgehead atoms. The van der Waals surface area contributed by atoms with E-state index < -0.39 is 20.4 Å². The Morgan fingerprint density at radius 2 is 1.42 bits per heavy atom. The van der Waals surface area contributed by atoms with E-state index in [9.17, 15) is 26.3 Å². The number of allylic oxidation sites excluding steroid dienone is 1. The van der Waals surface area contributed by atoms with E-state index in [1.54, 1.807) is 0 Å². The molecule has 1 atom stereocenters. The predicted molar refractivity (Wildman–Crippen MR) is 42.1 cm³/mol. The number of alkyl halides is 5. The minimum absolute atomic E-state index is 0.247. The second-order valence-corrected chi connectivity index (χ2v) is 4.13. The van der Waals surface area contributed by atoms with Crippen LogP contribution in [0.3, 0.4) is 0 Å². The molecule has 0 spiro atoms. The Kier molecular flexibility index (Phi) is 3.89. The molecule has 0 aromatic rings. The molecule has 0 aliphatic carbocycles. The summed E-state index contributed by atoms with van der Waals surface area (Å²) in [5.41, 5.74) is 0. The Morgan fingerprint density at radius 3 is 1.50 bits per heavy atom. The van der Waals surface area contributed by atoms with Crippen LogP contribution in [0.15, 0.2) is 11.9 Å². The minimum Gasteiger partial charge on any atom is -0.216 e. The molecule has 0 amide bonds. The lowest BCUT2D eigenvalue weighted by Gasteiger charge is -2.20. The van der Waals surface area contributed by atoms with Crippen molar-refractivity contribution in [2.75, 3.05) is 0 Å². The summed E-state index contributed by atoms with van der Waals surface area (Å²) in [6, 6.07) is 0. The normalized spacial score (nSPS) is 17.0. The van der Waals surface area contributed by atoms with Gasteiger partial charge in [0.25, 0.3) is 3.68 Å². The van der Waals surface area contributed by atoms with Crippen LogP contribution in [0.2, 0.25) is 0 Å². The van der Waals surface area contributed by atoms with Gasteiger partial charge in [-0.05, 0) is 38.5 Å². The summed E-state index contributed by atoms with van der Waals surface area (Å²) in [4.78, 5) is -4.38. The minimum atomic E-state index is -4.38. The molecule has 0 aromatic heterocycles. The van der Waals surface area contributed by atoms with Gasteiger partial charge in [0, 0.05) is 0 Å². The Bertz CT molecular complexity index is 202. The molecule has 0 rings (SSSR count). The standard InChI is InChI=1S/C4BrF6I/c5-4(10,11)3(9,12)1(6)2(7)8. The Labute approximate surface area is 85.3 Å². The molecule has 0 saturated carbocycles. The van der Waals surface area contributed by atoms with Crippen LogP contribution in [0.4, 0.5) is 26.3 Å². The maximum Gasteiger partial charge on any atom is 0.350 e. The molecule has 0 radical (unpaired) electrons. The molecular formula is C4BrF6I. The molecule has 0 aliphatic heterocycles. The molecule has 12 heavy (non-hydrogen) atoms. The third-order valence-corrected chi connectivity index (χ3v) is 3.24. The average molecular weight is 369 g/mol. The third-order valence-electron chi connectivity index (χ3n) is 0.798. The number of halogens is 8. The lowest BCUT2D eigenvalue weighted by atomic mass is 10.3. The maximum absolute atomic E-state index is 12.5. The van der Waals surface area contributed by atoms with Crippen molar-refractivity contribution in [2.45, 2.75) is 8.51 Å². The topological polar surface area (TPSA) is 0 Å². The van der Waals surface area contributed by atoms with E-state index in [0.717, 1.165) is 0 Å². The molecular weight excluding hydrogens is 369 g/mol. The summed E-state index contributed by atoms with van der Waals surface area (Å²) < 4.78 is 67.3. The summed E-state index contributed by atoms with van der Waals surface area (Å²) >= 11 is 1.69. The van der Waals surface area contributed by atoms with Gasteiger partial charge in [-0.1, -0.05) is 0 Å². The van der Waals surface area contributed by atoms with Gasteiger partial charge in [-0.25, -0.2) is 8.78 Å². The average Bonchev–Trinajstić information content (AvgIpc) is 1.83. The van der Waals surface area contributed by atoms with E-state index in [2.05, 4.69) is 0 Å². The van der Waals surface area contributed by atoms with Crippen molar-refractivity contribution in [3.63, 3.8) is 0 Å². The second kappa shape index (κ2) is 3.72. The highest BCUT2D eigenvalue weighted by Gasteiger charge is 2.56. The van der Waals surface area contributed by atoms with E-state index >= 15 is 0 Å². The van der Waals surface area contributed by atoms with Crippen molar-refractivity contribution in [3.05, 3.63) is 11.9 Å². The van der Waals surface area contributed by atoms with Crippen LogP contribution in [-0.2, 0) is 0 Å². The molecule has 72 valence electrons. The zero-order valence-corrected chi connectivity index (χ0v) is 8.77. The highest BCUT2D eigenvalue weighted by molar-refractivity contribution is 14.1. The summed E-state index contributed by atoms with van der Waals surface area (Å²) in [6.45, 7) is 0. The summed E-state index contributed by atoms with van der Waals surface area (Å²) in [5.74, 6) is -2.79. The molecule has 0 nitrogen and oxygen atoms in total. The molecule has 0 N–H and O–H groups in total. The van der Waals surface area contributed by atoms with Gasteiger partial charge >= 0.3 is 10.9 Å². The molecule has 8 heteroatoms. The van der Waals surface area contributed by atoms with Gasteiger partial charge in [0.05, 0.1) is 0 Å². The van der Waals surface area contributed by atoms with Crippen LogP contribution in [0.1, 0.15) is 0 Å². The summed E-state index contributed by atoms with van der Waals surface area (Å²) in [7, 11) is 0. The smallest absolute Gasteiger partial charge is 0.216 e. The van der Waals surface area contributed by atoms with E-state index in [0.29, 0.717) is 0 Å². The van der Waals surface area contributed by atoms with E-state index in [1.807, 2.05) is 0 Å². The fourth-order valence-electron chi connectivity index (χ4n) is 0.243. The quantitative estimate of drug-likeness (QED) is 0.390. The first-order valence-electron chi connectivity index (χ1n) is 2.26. The van der Waals surface area contributed by atoms with Crippen LogP contribution in [0, 0.1) is 0 Å². The van der Waals surface area contributed by atoms with Crippen LogP contribution < -0.4 is 0 Å². The van der Waals surface area contributed by atoms with E-state index in [-0.39, 0.29) is 22.6 Å². The highest BCUT2D eigenvalue weighted by atomic mass is 127. The molecule has 0 fully saturated rings. The first-order valence-corrected chi connectivity index (χ1v) is 4.13. The monoisotopic (exact) mass is 368 g/mol. The summed E-state index contributed by atoms with van der Waals surface area (Å²) in [5, 5.41) is 0. The Balaban J connectivity index is 5.01. The van der Waals surface area contributed by atoms with Crippen LogP contribution in [0.25, 0.3) is 0 Å². The van der Waals surface area contributed by atoms with Crippen LogP contribution in [-0.4, -0.2) is 8.51 Å². The number of rotatable bonds is 2. The van der Waals surface area contributed by atoms with Gasteiger partial charge in [-0.3, -0.25) is 0 Å². The van der Waals surface area contributed by atoms with Gasteiger partial charge in [-0.15, -0.1) is 0 Å². The van der Waals surface area contributed by atoms with E-state index in [1.165, 1.54) is 15.9 Å². The second-order valence-electron chi connectivity index (χ2n) is 1.65. The van der Waals surface area contributed by atoms with Gasteiger partial charge in [0.15, 0.2) is 0 Å². The Hall–Kier alpha value is 0.530. The molecule has 0 heterocycles. The van der Waals surface area contributed by atoms with Gasteiger partial charge in [0.1, 0.15) is 0 Å². The first kappa shape index (κ1) is 12.5. The van der Waals surface area contributed by atoms with Gasteiger partial charge < -0.3 is 0 Å². The molecule has 1 unspecified atom stereocenters. The lowest BCUT2D eigenvalue weighted by Crippen LogP contribution is -2.33. The first-order chi connectivity index (χ1) is 5.10. The zero-order valence-electron chi connectivity index (χ0n) is 5.02. The fourth-order valence-corrected chi connectivity index (χ4v) is 0.621. The molecule has 0 saturated heterocycles. The van der Waals surface area contributed by atoms with Crippen molar-refractivity contribution in [2.24, 2.45) is 0 Å². The number of hydrogen-bond acceptors (Lipinski definition) is 0. The fraction of sp³-hybridized carbons (Fsp3) is 0.500. The van der Waals surface area contributed by atoms with Crippen molar-refractivity contribution in [1.82, 2.24) is 0 Å². The predicted octanol–water partition coefficient (Wildman–Crippen LogP) is 4.15. The van der Waals surface area contributed by atoms with Crippen molar-refractivity contribution < 1.29 is 26.3 Å². The van der Waals surface area contributed by atoms with Crippen LogP contribution in [0.5, 0.6) is 0 Å². The van der Waals surface area contributed by atoms with Crippen molar-refractivity contribution in [3.8, 4) is 0 Å². The largest absolute Gasteiger partial charge is 0.350 e. The lowest BCUT2D eigenvalue weighted by molar-refractivity contribution is 0.0160. The van der Waals surface area contributed by atoms with Gasteiger partial charge in [-0.2, -0.15) is 17.6 Å². The van der Waals surface area contributed by atoms with Crippen molar-refractivity contribution >= 4 is 38.5 Å². The highest BCUT2D eigenvalue weighted by Crippen LogP contribution is 2.49. The van der Waals surface area contributed by atoms with E-state index in [4.69, 9.17) is 0 Å². The Morgan fingerprint density at radius 1 is 1.08 bits per heavy atom. The molecule has 0 aromatic carbocycles.